The molecule has 0 aromatic heterocycles. The van der Waals surface area contributed by atoms with Crippen LogP contribution in [0.2, 0.25) is 5.02 Å². The number of hydrogen-bond acceptors (Lipinski definition) is 3. The van der Waals surface area contributed by atoms with Crippen molar-refractivity contribution >= 4 is 27.7 Å². The second kappa shape index (κ2) is 6.63. The van der Waals surface area contributed by atoms with Crippen LogP contribution in [0.4, 0.5) is 0 Å². The Hall–Kier alpha value is -1.15. The number of hydrogen-bond donors (Lipinski definition) is 0. The quantitative estimate of drug-likeness (QED) is 0.812. The third-order valence-electron chi connectivity index (χ3n) is 4.83. The van der Waals surface area contributed by atoms with Crippen LogP contribution in [-0.4, -0.2) is 67.6 Å². The van der Waals surface area contributed by atoms with Crippen molar-refractivity contribution in [2.24, 2.45) is 5.92 Å². The molecule has 0 spiro atoms. The third kappa shape index (κ3) is 3.18. The fraction of sp³-hybridized carbons (Fsp3) is 0.562. The lowest BCUT2D eigenvalue weighted by molar-refractivity contribution is 0.0589. The van der Waals surface area contributed by atoms with Crippen LogP contribution >= 0.6 is 11.6 Å². The van der Waals surface area contributed by atoms with Crippen molar-refractivity contribution in [3.63, 3.8) is 0 Å². The summed E-state index contributed by atoms with van der Waals surface area (Å²) in [7, 11) is -0.395. The summed E-state index contributed by atoms with van der Waals surface area (Å²) in [6, 6.07) is 6.89. The summed E-state index contributed by atoms with van der Waals surface area (Å²) in [5.41, 5.74) is 0.480. The fourth-order valence-electron chi connectivity index (χ4n) is 3.50. The number of amides is 1. The van der Waals surface area contributed by atoms with Crippen LogP contribution in [0.15, 0.2) is 24.3 Å². The molecule has 0 radical (unpaired) electrons. The lowest BCUT2D eigenvalue weighted by Gasteiger charge is -2.36. The van der Waals surface area contributed by atoms with Gasteiger partial charge in [0.05, 0.1) is 10.6 Å². The minimum atomic E-state index is -3.47. The lowest BCUT2D eigenvalue weighted by Crippen LogP contribution is -2.48. The molecule has 6 nitrogen and oxygen atoms in total. The molecule has 1 amide bonds. The first-order valence-electron chi connectivity index (χ1n) is 8.04. The van der Waals surface area contributed by atoms with Crippen LogP contribution in [0.5, 0.6) is 0 Å². The molecule has 24 heavy (non-hydrogen) atoms. The van der Waals surface area contributed by atoms with Crippen molar-refractivity contribution in [2.45, 2.75) is 18.9 Å². The average molecular weight is 372 g/mol. The molecular weight excluding hydrogens is 350 g/mol. The molecule has 1 aromatic rings. The highest BCUT2D eigenvalue weighted by Gasteiger charge is 2.41. The van der Waals surface area contributed by atoms with Gasteiger partial charge in [-0.05, 0) is 30.9 Å². The van der Waals surface area contributed by atoms with Gasteiger partial charge < -0.3 is 4.90 Å². The van der Waals surface area contributed by atoms with E-state index in [4.69, 9.17) is 11.6 Å². The Morgan fingerprint density at radius 1 is 1.17 bits per heavy atom. The van der Waals surface area contributed by atoms with E-state index in [2.05, 4.69) is 0 Å². The van der Waals surface area contributed by atoms with Gasteiger partial charge in [-0.15, -0.1) is 0 Å². The van der Waals surface area contributed by atoms with Gasteiger partial charge in [0.25, 0.3) is 16.1 Å². The second-order valence-corrected chi connectivity index (χ2v) is 9.19. The van der Waals surface area contributed by atoms with Crippen molar-refractivity contribution in [2.75, 3.05) is 33.7 Å². The number of benzene rings is 1. The first-order chi connectivity index (χ1) is 11.3. The maximum Gasteiger partial charge on any atom is 0.281 e. The largest absolute Gasteiger partial charge is 0.334 e. The van der Waals surface area contributed by atoms with E-state index in [1.165, 1.54) is 22.7 Å². The lowest BCUT2D eigenvalue weighted by atomic mass is 9.94. The zero-order valence-electron chi connectivity index (χ0n) is 13.9. The van der Waals surface area contributed by atoms with Crippen LogP contribution in [-0.2, 0) is 10.2 Å². The van der Waals surface area contributed by atoms with E-state index in [0.717, 1.165) is 12.8 Å². The van der Waals surface area contributed by atoms with Crippen molar-refractivity contribution in [3.8, 4) is 0 Å². The van der Waals surface area contributed by atoms with E-state index >= 15 is 0 Å². The normalized spacial score (nSPS) is 25.1. The van der Waals surface area contributed by atoms with E-state index in [1.807, 2.05) is 0 Å². The SMILES string of the molecule is CN(C)S(=O)(=O)N1C[C@H]2CC[C@@H](C1)N(C(=O)c1ccccc1Cl)C2. The van der Waals surface area contributed by atoms with Gasteiger partial charge in [0.1, 0.15) is 0 Å². The topological polar surface area (TPSA) is 60.9 Å². The van der Waals surface area contributed by atoms with Gasteiger partial charge in [-0.1, -0.05) is 23.7 Å². The summed E-state index contributed by atoms with van der Waals surface area (Å²) >= 11 is 6.16. The van der Waals surface area contributed by atoms with E-state index in [9.17, 15) is 13.2 Å². The summed E-state index contributed by atoms with van der Waals surface area (Å²) in [6.07, 6.45) is 1.76. The van der Waals surface area contributed by atoms with Crippen molar-refractivity contribution < 1.29 is 13.2 Å². The second-order valence-electron chi connectivity index (χ2n) is 6.64. The monoisotopic (exact) mass is 371 g/mol. The number of nitrogens with zero attached hydrogens (tertiary/aromatic N) is 3. The number of carbonyl (C=O) groups excluding carboxylic acids is 1. The van der Waals surface area contributed by atoms with Crippen LogP contribution in [0.25, 0.3) is 0 Å². The Morgan fingerprint density at radius 3 is 2.54 bits per heavy atom. The molecule has 4 rings (SSSR count). The molecule has 0 unspecified atom stereocenters. The Morgan fingerprint density at radius 2 is 1.88 bits per heavy atom. The number of fused-ring (bicyclic) bond motifs is 4. The first kappa shape index (κ1) is 17.7. The molecule has 3 aliphatic heterocycles. The van der Waals surface area contributed by atoms with E-state index < -0.39 is 10.2 Å². The molecule has 1 aromatic carbocycles. The van der Waals surface area contributed by atoms with E-state index in [0.29, 0.717) is 30.2 Å². The summed E-state index contributed by atoms with van der Waals surface area (Å²) in [5.74, 6) is 0.0457. The minimum absolute atomic E-state index is 0.109. The van der Waals surface area contributed by atoms with Crippen LogP contribution < -0.4 is 0 Å². The highest BCUT2D eigenvalue weighted by molar-refractivity contribution is 7.86. The Kier molecular flexibility index (Phi) is 4.88. The molecule has 3 heterocycles. The zero-order chi connectivity index (χ0) is 17.5. The standard InChI is InChI=1S/C16H22ClN3O3S/c1-18(2)24(22,23)19-9-12-7-8-13(11-19)20(10-12)16(21)14-5-3-4-6-15(14)17/h3-6,12-13H,7-11H2,1-2H3/t12-,13+/m1/s1. The maximum atomic E-state index is 12.9. The molecule has 132 valence electrons. The van der Waals surface area contributed by atoms with Gasteiger partial charge in [0, 0.05) is 39.8 Å². The highest BCUT2D eigenvalue weighted by Crippen LogP contribution is 2.31. The molecule has 3 saturated heterocycles. The Bertz CT molecular complexity index is 738. The van der Waals surface area contributed by atoms with Gasteiger partial charge >= 0.3 is 0 Å². The van der Waals surface area contributed by atoms with Gasteiger partial charge in [0.2, 0.25) is 0 Å². The fourth-order valence-corrected chi connectivity index (χ4v) is 4.93. The molecular formula is C16H22ClN3O3S. The van der Waals surface area contributed by atoms with Crippen LogP contribution in [0, 0.1) is 5.92 Å². The van der Waals surface area contributed by atoms with Crippen molar-refractivity contribution in [3.05, 3.63) is 34.9 Å². The first-order valence-corrected chi connectivity index (χ1v) is 9.81. The summed E-state index contributed by atoms with van der Waals surface area (Å²) in [6.45, 7) is 1.38. The summed E-state index contributed by atoms with van der Waals surface area (Å²) < 4.78 is 27.7. The van der Waals surface area contributed by atoms with Gasteiger partial charge in [-0.3, -0.25) is 4.79 Å². The maximum absolute atomic E-state index is 12.9. The third-order valence-corrected chi connectivity index (χ3v) is 7.04. The van der Waals surface area contributed by atoms with E-state index in [1.54, 1.807) is 29.2 Å². The van der Waals surface area contributed by atoms with Crippen molar-refractivity contribution in [1.29, 1.82) is 0 Å². The number of carbonyl (C=O) groups is 1. The molecule has 0 N–H and O–H groups in total. The number of piperidine rings is 1. The smallest absolute Gasteiger partial charge is 0.281 e. The van der Waals surface area contributed by atoms with Gasteiger partial charge in [0.15, 0.2) is 0 Å². The molecule has 0 aliphatic carbocycles. The predicted molar refractivity (Wildman–Crippen MR) is 93.2 cm³/mol. The Balaban J connectivity index is 1.87. The molecule has 8 heteroatoms. The number of rotatable bonds is 3. The van der Waals surface area contributed by atoms with Crippen molar-refractivity contribution in [1.82, 2.24) is 13.5 Å². The van der Waals surface area contributed by atoms with E-state index in [-0.39, 0.29) is 17.9 Å². The molecule has 2 bridgehead atoms. The molecule has 3 aliphatic rings. The Labute approximate surface area is 148 Å². The van der Waals surface area contributed by atoms with Crippen LogP contribution in [0.3, 0.4) is 0 Å². The minimum Gasteiger partial charge on any atom is -0.334 e. The molecule has 2 atom stereocenters. The predicted octanol–water partition coefficient (Wildman–Crippen LogP) is 1.68. The van der Waals surface area contributed by atoms with Gasteiger partial charge in [-0.25, -0.2) is 0 Å². The number of halogens is 1. The zero-order valence-corrected chi connectivity index (χ0v) is 15.4. The summed E-state index contributed by atoms with van der Waals surface area (Å²) in [4.78, 5) is 14.7. The summed E-state index contributed by atoms with van der Waals surface area (Å²) in [5, 5.41) is 0.431. The average Bonchev–Trinajstić information content (AvgIpc) is 2.87. The molecule has 0 saturated carbocycles. The highest BCUT2D eigenvalue weighted by atomic mass is 35.5. The molecule has 3 fully saturated rings. The van der Waals surface area contributed by atoms with Crippen LogP contribution in [0.1, 0.15) is 23.2 Å². The van der Waals surface area contributed by atoms with Gasteiger partial charge in [-0.2, -0.15) is 17.0 Å².